The van der Waals surface area contributed by atoms with Crippen LogP contribution in [-0.2, 0) is 4.74 Å². The van der Waals surface area contributed by atoms with Crippen LogP contribution in [0.25, 0.3) is 0 Å². The number of likely N-dealkylation sites (tertiary alicyclic amines) is 1. The first-order valence-electron chi connectivity index (χ1n) is 6.49. The standard InChI is InChI=1S/C12H24N2O2/c13-5-2-7-14-6-1-4-12(10-14)9-11(15)3-8-16-12/h11,15H,1-10,13H2/t11-,12+/m0/s1. The second-order valence-corrected chi connectivity index (χ2v) is 5.20. The predicted molar refractivity (Wildman–Crippen MR) is 63.3 cm³/mol. The van der Waals surface area contributed by atoms with E-state index < -0.39 is 0 Å². The smallest absolute Gasteiger partial charge is 0.0833 e. The molecule has 4 nitrogen and oxygen atoms in total. The fraction of sp³-hybridized carbons (Fsp3) is 1.00. The van der Waals surface area contributed by atoms with Gasteiger partial charge in [-0.3, -0.25) is 0 Å². The molecule has 0 aromatic heterocycles. The van der Waals surface area contributed by atoms with Crippen molar-refractivity contribution >= 4 is 0 Å². The molecule has 0 radical (unpaired) electrons. The minimum atomic E-state index is -0.164. The zero-order valence-electron chi connectivity index (χ0n) is 10.0. The fourth-order valence-electron chi connectivity index (χ4n) is 2.98. The highest BCUT2D eigenvalue weighted by atomic mass is 16.5. The van der Waals surface area contributed by atoms with E-state index in [1.165, 1.54) is 6.42 Å². The van der Waals surface area contributed by atoms with E-state index in [4.69, 9.17) is 10.5 Å². The van der Waals surface area contributed by atoms with Crippen molar-refractivity contribution in [3.8, 4) is 0 Å². The van der Waals surface area contributed by atoms with Crippen LogP contribution in [-0.4, -0.2) is 54.5 Å². The summed E-state index contributed by atoms with van der Waals surface area (Å²) in [6, 6.07) is 0. The maximum atomic E-state index is 9.77. The van der Waals surface area contributed by atoms with Crippen molar-refractivity contribution in [1.82, 2.24) is 4.90 Å². The van der Waals surface area contributed by atoms with E-state index >= 15 is 0 Å². The van der Waals surface area contributed by atoms with Crippen LogP contribution in [0, 0.1) is 0 Å². The molecule has 0 aromatic rings. The first-order valence-corrected chi connectivity index (χ1v) is 6.49. The van der Waals surface area contributed by atoms with Gasteiger partial charge in [-0.2, -0.15) is 0 Å². The number of aliphatic hydroxyl groups is 1. The Balaban J connectivity index is 1.89. The van der Waals surface area contributed by atoms with Crippen molar-refractivity contribution in [2.75, 3.05) is 32.8 Å². The first-order chi connectivity index (χ1) is 7.74. The summed E-state index contributed by atoms with van der Waals surface area (Å²) >= 11 is 0. The van der Waals surface area contributed by atoms with Gasteiger partial charge >= 0.3 is 0 Å². The summed E-state index contributed by atoms with van der Waals surface area (Å²) in [6.07, 6.45) is 4.78. The Morgan fingerprint density at radius 3 is 3.12 bits per heavy atom. The highest BCUT2D eigenvalue weighted by Crippen LogP contribution is 2.33. The highest BCUT2D eigenvalue weighted by molar-refractivity contribution is 4.93. The van der Waals surface area contributed by atoms with Crippen LogP contribution in [0.4, 0.5) is 0 Å². The van der Waals surface area contributed by atoms with Gasteiger partial charge in [-0.1, -0.05) is 0 Å². The van der Waals surface area contributed by atoms with E-state index in [-0.39, 0.29) is 11.7 Å². The lowest BCUT2D eigenvalue weighted by Gasteiger charge is -2.46. The molecule has 2 heterocycles. The molecule has 1 spiro atoms. The third kappa shape index (κ3) is 2.94. The monoisotopic (exact) mass is 228 g/mol. The molecule has 2 saturated heterocycles. The normalized spacial score (nSPS) is 36.8. The van der Waals surface area contributed by atoms with Crippen LogP contribution >= 0.6 is 0 Å². The Kier molecular flexibility index (Phi) is 4.19. The van der Waals surface area contributed by atoms with Gasteiger partial charge in [-0.05, 0) is 45.3 Å². The second kappa shape index (κ2) is 5.45. The lowest BCUT2D eigenvalue weighted by atomic mass is 9.84. The molecule has 0 amide bonds. The van der Waals surface area contributed by atoms with Crippen molar-refractivity contribution < 1.29 is 9.84 Å². The van der Waals surface area contributed by atoms with Gasteiger partial charge in [0.25, 0.3) is 0 Å². The van der Waals surface area contributed by atoms with Crippen molar-refractivity contribution in [2.45, 2.75) is 43.8 Å². The number of nitrogens with two attached hydrogens (primary N) is 1. The van der Waals surface area contributed by atoms with Gasteiger partial charge in [0.2, 0.25) is 0 Å². The summed E-state index contributed by atoms with van der Waals surface area (Å²) in [7, 11) is 0. The van der Waals surface area contributed by atoms with Gasteiger partial charge < -0.3 is 20.5 Å². The average molecular weight is 228 g/mol. The molecule has 0 bridgehead atoms. The lowest BCUT2D eigenvalue weighted by molar-refractivity contribution is -0.146. The van der Waals surface area contributed by atoms with E-state index in [0.29, 0.717) is 6.61 Å². The third-order valence-corrected chi connectivity index (χ3v) is 3.76. The Morgan fingerprint density at radius 1 is 1.50 bits per heavy atom. The minimum Gasteiger partial charge on any atom is -0.393 e. The summed E-state index contributed by atoms with van der Waals surface area (Å²) in [4.78, 5) is 2.44. The van der Waals surface area contributed by atoms with Gasteiger partial charge in [0.1, 0.15) is 0 Å². The summed E-state index contributed by atoms with van der Waals surface area (Å²) in [5, 5.41) is 9.77. The van der Waals surface area contributed by atoms with Crippen LogP contribution in [0.2, 0.25) is 0 Å². The third-order valence-electron chi connectivity index (χ3n) is 3.76. The zero-order chi connectivity index (χ0) is 11.4. The molecule has 0 aliphatic carbocycles. The molecule has 4 heteroatoms. The largest absolute Gasteiger partial charge is 0.393 e. The Labute approximate surface area is 97.7 Å². The van der Waals surface area contributed by atoms with E-state index in [1.54, 1.807) is 0 Å². The molecule has 3 N–H and O–H groups in total. The number of nitrogens with zero attached hydrogens (tertiary/aromatic N) is 1. The SMILES string of the molecule is NCCCN1CCC[C@@]2(C[C@@H](O)CCO2)C1. The predicted octanol–water partition coefficient (Wildman–Crippen LogP) is 0.341. The molecule has 16 heavy (non-hydrogen) atoms. The van der Waals surface area contributed by atoms with Crippen LogP contribution in [0.15, 0.2) is 0 Å². The fourth-order valence-corrected chi connectivity index (χ4v) is 2.98. The van der Waals surface area contributed by atoms with E-state index in [1.807, 2.05) is 0 Å². The lowest BCUT2D eigenvalue weighted by Crippen LogP contribution is -2.54. The molecule has 2 fully saturated rings. The topological polar surface area (TPSA) is 58.7 Å². The van der Waals surface area contributed by atoms with Gasteiger partial charge in [-0.25, -0.2) is 0 Å². The number of rotatable bonds is 3. The van der Waals surface area contributed by atoms with Gasteiger partial charge in [0.05, 0.1) is 11.7 Å². The van der Waals surface area contributed by atoms with E-state index in [0.717, 1.165) is 51.9 Å². The molecule has 0 aromatic carbocycles. The van der Waals surface area contributed by atoms with Crippen molar-refractivity contribution in [1.29, 1.82) is 0 Å². The summed E-state index contributed by atoms with van der Waals surface area (Å²) in [5.41, 5.74) is 5.47. The Morgan fingerprint density at radius 2 is 2.38 bits per heavy atom. The van der Waals surface area contributed by atoms with Crippen molar-refractivity contribution in [3.05, 3.63) is 0 Å². The Hall–Kier alpha value is -0.160. The average Bonchev–Trinajstić information content (AvgIpc) is 2.26. The molecular weight excluding hydrogens is 204 g/mol. The number of hydrogen-bond acceptors (Lipinski definition) is 4. The second-order valence-electron chi connectivity index (χ2n) is 5.20. The summed E-state index contributed by atoms with van der Waals surface area (Å²) in [6.45, 7) is 4.67. The quantitative estimate of drug-likeness (QED) is 0.731. The maximum Gasteiger partial charge on any atom is 0.0833 e. The molecule has 2 atom stereocenters. The first kappa shape index (κ1) is 12.3. The number of hydrogen-bond donors (Lipinski definition) is 2. The van der Waals surface area contributed by atoms with Gasteiger partial charge in [-0.15, -0.1) is 0 Å². The van der Waals surface area contributed by atoms with Crippen molar-refractivity contribution in [3.63, 3.8) is 0 Å². The molecule has 2 aliphatic rings. The van der Waals surface area contributed by atoms with Crippen LogP contribution in [0.5, 0.6) is 0 Å². The van der Waals surface area contributed by atoms with Crippen LogP contribution < -0.4 is 5.73 Å². The van der Waals surface area contributed by atoms with E-state index in [9.17, 15) is 5.11 Å². The number of piperidine rings is 1. The highest BCUT2D eigenvalue weighted by Gasteiger charge is 2.40. The summed E-state index contributed by atoms with van der Waals surface area (Å²) in [5.74, 6) is 0. The summed E-state index contributed by atoms with van der Waals surface area (Å²) < 4.78 is 5.95. The molecule has 2 rings (SSSR count). The number of ether oxygens (including phenoxy) is 1. The molecule has 94 valence electrons. The van der Waals surface area contributed by atoms with Crippen molar-refractivity contribution in [2.24, 2.45) is 5.73 Å². The maximum absolute atomic E-state index is 9.77. The van der Waals surface area contributed by atoms with Crippen LogP contribution in [0.1, 0.15) is 32.1 Å². The number of aliphatic hydroxyl groups excluding tert-OH is 1. The van der Waals surface area contributed by atoms with Gasteiger partial charge in [0, 0.05) is 19.6 Å². The van der Waals surface area contributed by atoms with Gasteiger partial charge in [0.15, 0.2) is 0 Å². The van der Waals surface area contributed by atoms with Crippen LogP contribution in [0.3, 0.4) is 0 Å². The molecule has 2 aliphatic heterocycles. The molecular formula is C12H24N2O2. The van der Waals surface area contributed by atoms with E-state index in [2.05, 4.69) is 4.90 Å². The Bertz CT molecular complexity index is 221. The molecule has 0 saturated carbocycles. The zero-order valence-corrected chi connectivity index (χ0v) is 10.0. The minimum absolute atomic E-state index is 0.0650. The molecule has 0 unspecified atom stereocenters.